The molecule has 0 atom stereocenters. The van der Waals surface area contributed by atoms with Gasteiger partial charge in [0.05, 0.1) is 0 Å². The number of aryl methyl sites for hydroxylation is 9. The smallest absolute Gasteiger partial charge is 0.00135 e. The lowest BCUT2D eigenvalue weighted by Gasteiger charge is -2.18. The highest BCUT2D eigenvalue weighted by Crippen LogP contribution is 2.37. The molecule has 0 aliphatic heterocycles. The van der Waals surface area contributed by atoms with Gasteiger partial charge >= 0.3 is 0 Å². The molecular formula is C136H172. The average molecular weight is 1810 g/mol. The molecule has 10 aliphatic carbocycles. The van der Waals surface area contributed by atoms with Gasteiger partial charge in [0.15, 0.2) is 0 Å². The monoisotopic (exact) mass is 1810 g/mol. The summed E-state index contributed by atoms with van der Waals surface area (Å²) in [5, 5.41) is 0. The number of benzene rings is 14. The van der Waals surface area contributed by atoms with E-state index in [1.165, 1.54) is 225 Å². The third-order valence-corrected chi connectivity index (χ3v) is 24.3. The second-order valence-corrected chi connectivity index (χ2v) is 32.0. The largest absolute Gasteiger partial charge is 0.0838 e. The molecule has 716 valence electrons. The first-order valence-electron chi connectivity index (χ1n) is 53.2. The molecule has 136 heavy (non-hydrogen) atoms. The molecule has 24 rings (SSSR count). The van der Waals surface area contributed by atoms with Crippen LogP contribution in [0.15, 0.2) is 364 Å². The van der Waals surface area contributed by atoms with Crippen LogP contribution in [-0.4, -0.2) is 0 Å². The zero-order valence-corrected chi connectivity index (χ0v) is 87.9. The van der Waals surface area contributed by atoms with Crippen LogP contribution in [0.5, 0.6) is 0 Å². The van der Waals surface area contributed by atoms with Gasteiger partial charge < -0.3 is 0 Å². The third-order valence-electron chi connectivity index (χ3n) is 24.3. The van der Waals surface area contributed by atoms with E-state index in [0.717, 1.165) is 51.4 Å². The van der Waals surface area contributed by atoms with E-state index >= 15 is 0 Å². The summed E-state index contributed by atoms with van der Waals surface area (Å²) in [5.41, 5.74) is 41.5. The molecule has 0 bridgehead atoms. The second-order valence-electron chi connectivity index (χ2n) is 32.0. The van der Waals surface area contributed by atoms with Crippen molar-refractivity contribution in [3.8, 4) is 11.1 Å². The zero-order chi connectivity index (χ0) is 98.4. The molecule has 0 amide bonds. The zero-order valence-electron chi connectivity index (χ0n) is 87.9. The van der Waals surface area contributed by atoms with Gasteiger partial charge in [-0.2, -0.15) is 0 Å². The number of hydrogen-bond acceptors (Lipinski definition) is 0. The van der Waals surface area contributed by atoms with E-state index in [0.29, 0.717) is 0 Å². The second kappa shape index (κ2) is 71.5. The van der Waals surface area contributed by atoms with Gasteiger partial charge in [0, 0.05) is 0 Å². The van der Waals surface area contributed by atoms with Gasteiger partial charge in [0.1, 0.15) is 0 Å². The molecule has 0 saturated carbocycles. The van der Waals surface area contributed by atoms with Crippen LogP contribution in [-0.2, 0) is 109 Å². The van der Waals surface area contributed by atoms with Gasteiger partial charge in [-0.05, 0) is 303 Å². The van der Waals surface area contributed by atoms with Crippen molar-refractivity contribution in [3.05, 3.63) is 509 Å². The molecule has 0 fully saturated rings. The minimum absolute atomic E-state index is 1.04. The van der Waals surface area contributed by atoms with Crippen molar-refractivity contribution in [2.75, 3.05) is 0 Å². The Morgan fingerprint density at radius 3 is 0.640 bits per heavy atom. The van der Waals surface area contributed by atoms with Gasteiger partial charge in [-0.25, -0.2) is 0 Å². The molecule has 0 aromatic heterocycles. The summed E-state index contributed by atoms with van der Waals surface area (Å²) in [6.07, 6.45) is 47.5. The Bertz CT molecular complexity index is 5310. The summed E-state index contributed by atoms with van der Waals surface area (Å²) in [6, 6.07) is 122. The lowest BCUT2D eigenvalue weighted by Crippen LogP contribution is -2.06. The predicted molar refractivity (Wildman–Crippen MR) is 610 cm³/mol. The predicted octanol–water partition coefficient (Wildman–Crippen LogP) is 38.8. The molecule has 0 radical (unpaired) electrons. The van der Waals surface area contributed by atoms with E-state index in [2.05, 4.69) is 388 Å². The molecule has 0 heterocycles. The Hall–Kier alpha value is -12.0. The van der Waals surface area contributed by atoms with Gasteiger partial charge in [-0.3, -0.25) is 0 Å². The molecular weight excluding hydrogens is 1630 g/mol. The maximum Gasteiger partial charge on any atom is -0.00135 e. The molecule has 0 N–H and O–H groups in total. The molecule has 14 aromatic carbocycles. The summed E-state index contributed by atoms with van der Waals surface area (Å²) >= 11 is 0. The fraction of sp³-hybridized carbons (Fsp3) is 0.324. The van der Waals surface area contributed by atoms with Crippen LogP contribution in [0, 0.1) is 0 Å². The van der Waals surface area contributed by atoms with E-state index in [1.807, 2.05) is 138 Å². The van der Waals surface area contributed by atoms with Crippen molar-refractivity contribution in [2.45, 2.75) is 293 Å². The van der Waals surface area contributed by atoms with Crippen LogP contribution < -0.4 is 0 Å². The molecule has 0 nitrogen and oxygen atoms in total. The Morgan fingerprint density at radius 1 is 0.125 bits per heavy atom. The topological polar surface area (TPSA) is 0 Å². The average Bonchev–Trinajstić information content (AvgIpc) is 1.57. The fourth-order valence-corrected chi connectivity index (χ4v) is 17.8. The van der Waals surface area contributed by atoms with Gasteiger partial charge in [0.2, 0.25) is 0 Å². The van der Waals surface area contributed by atoms with Crippen molar-refractivity contribution < 1.29 is 0 Å². The highest BCUT2D eigenvalue weighted by Gasteiger charge is 2.18. The summed E-state index contributed by atoms with van der Waals surface area (Å²) in [5.74, 6) is 0. The molecule has 14 aromatic rings. The van der Waals surface area contributed by atoms with Gasteiger partial charge in [-0.15, -0.1) is 0 Å². The molecule has 0 spiro atoms. The van der Waals surface area contributed by atoms with E-state index in [-0.39, 0.29) is 0 Å². The summed E-state index contributed by atoms with van der Waals surface area (Å²) < 4.78 is 0. The molecule has 0 heteroatoms. The molecule has 0 unspecified atom stereocenters. The first kappa shape index (κ1) is 115. The minimum atomic E-state index is 1.04. The van der Waals surface area contributed by atoms with E-state index in [1.54, 1.807) is 33.4 Å². The van der Waals surface area contributed by atoms with Crippen molar-refractivity contribution >= 4 is 24.3 Å². The maximum atomic E-state index is 2.28. The van der Waals surface area contributed by atoms with Crippen LogP contribution >= 0.6 is 0 Å². The van der Waals surface area contributed by atoms with Crippen molar-refractivity contribution in [3.63, 3.8) is 0 Å². The van der Waals surface area contributed by atoms with Crippen LogP contribution in [0.25, 0.3) is 35.4 Å². The molecule has 0 saturated heterocycles. The van der Waals surface area contributed by atoms with Crippen molar-refractivity contribution in [1.82, 2.24) is 0 Å². The van der Waals surface area contributed by atoms with Crippen molar-refractivity contribution in [1.29, 1.82) is 0 Å². The highest BCUT2D eigenvalue weighted by atomic mass is 14.2. The van der Waals surface area contributed by atoms with E-state index < -0.39 is 0 Å². The van der Waals surface area contributed by atoms with E-state index in [4.69, 9.17) is 0 Å². The number of fused-ring (bicyclic) bond motifs is 15. The van der Waals surface area contributed by atoms with Crippen molar-refractivity contribution in [2.24, 2.45) is 0 Å². The Labute approximate surface area is 830 Å². The minimum Gasteiger partial charge on any atom is -0.0838 e. The Morgan fingerprint density at radius 2 is 0.324 bits per heavy atom. The van der Waals surface area contributed by atoms with Crippen LogP contribution in [0.1, 0.15) is 328 Å². The maximum absolute atomic E-state index is 2.28. The summed E-state index contributed by atoms with van der Waals surface area (Å²) in [4.78, 5) is 0. The SMILES string of the molecule is C1=CCc2ccccc2C1.C1=Cc2ccccc2C1.C1=Cc2ccccc2CC1.C1=Cc2ccccc2Cc2ccccc21.CC.CC.CC.CC.CC.CC.CC.CC.CC.CC.c1ccc2c(c1)CCC2.c1ccc2c(c1)CCCC2.c1ccc2c(c1)CCCCC2.c1ccc2c(c1)CCc1ccccc1C2.c1ccc2c(c1)Cc1ccccc1-2.c1ccc2c(c1)Cc1ccccc1C2. The normalized spacial score (nSPS) is 12.6. The standard InChI is InChI=1S/C15H14.C15H12.C14H12.C13H10.C11H14.C10H12.2C10H10.C9H10.C9H8.10C2H6/c2*1-3-7-14-11-15-8-4-2-6-13(15)10-9-12(14)5-1;1-2-6-12-10-14-8-4-3-7-13(14)9-11(12)5-1;1-3-7-12-10(5-1)9-11-6-2-4-8-13(11)12;1-2-6-10-8-4-5-9-11(10)7-3-1;3*1-2-6-10-8-4-3-7-9(10)5-1;2*1-2-5-9-7-3-6-8(9)4-1;10*1-2/h1-8H,9-11H2;1-10H,11H2;1-8H,9-10H2;1-8H,9H2;4-5,8-9H,1-3,6-7H2;1-2,5-6H,3-4,7-8H2;1-3,5-7H,4,8H2;1-6H,7-8H2;1-2,4-5H,3,6-7H2;1-6H,7H2;10*1-2H3. The first-order chi connectivity index (χ1) is 67.5. The van der Waals surface area contributed by atoms with Gasteiger partial charge in [-0.1, -0.05) is 533 Å². The quantitative estimate of drug-likeness (QED) is 0.105. The number of rotatable bonds is 0. The first-order valence-corrected chi connectivity index (χ1v) is 53.2. The van der Waals surface area contributed by atoms with E-state index in [9.17, 15) is 0 Å². The fourth-order valence-electron chi connectivity index (χ4n) is 17.8. The van der Waals surface area contributed by atoms with Gasteiger partial charge in [0.25, 0.3) is 0 Å². The highest BCUT2D eigenvalue weighted by molar-refractivity contribution is 5.77. The Balaban J connectivity index is 0.000000262. The summed E-state index contributed by atoms with van der Waals surface area (Å²) in [7, 11) is 0. The molecule has 10 aliphatic rings. The van der Waals surface area contributed by atoms with Crippen LogP contribution in [0.4, 0.5) is 0 Å². The lowest BCUT2D eigenvalue weighted by atomic mass is 9.86. The Kier molecular flexibility index (Phi) is 60.3. The summed E-state index contributed by atoms with van der Waals surface area (Å²) in [6.45, 7) is 40.0. The van der Waals surface area contributed by atoms with Crippen LogP contribution in [0.2, 0.25) is 0 Å². The third kappa shape index (κ3) is 38.0. The van der Waals surface area contributed by atoms with Crippen LogP contribution in [0.3, 0.4) is 0 Å². The lowest BCUT2D eigenvalue weighted by molar-refractivity contribution is 0.685. The number of allylic oxidation sites excluding steroid dienone is 4. The number of hydrogen-bond donors (Lipinski definition) is 0.